The smallest absolute Gasteiger partial charge is 0.243 e. The van der Waals surface area contributed by atoms with Crippen LogP contribution in [0, 0.1) is 11.7 Å². The van der Waals surface area contributed by atoms with E-state index in [2.05, 4.69) is 10.6 Å². The van der Waals surface area contributed by atoms with Gasteiger partial charge in [-0.2, -0.15) is 0 Å². The van der Waals surface area contributed by atoms with Crippen molar-refractivity contribution in [2.75, 3.05) is 6.54 Å². The predicted molar refractivity (Wildman–Crippen MR) is 113 cm³/mol. The lowest BCUT2D eigenvalue weighted by atomic mass is 10.0. The number of amides is 2. The van der Waals surface area contributed by atoms with Gasteiger partial charge in [0.15, 0.2) is 0 Å². The standard InChI is InChI=1S/C23H30FN3O2/c1-16(2)14-21(26-13-12-17-6-4-3-5-7-17)23(29)27-22(28)20(25)15-18-8-10-19(24)11-9-18/h3-11,16,20-21,26H,12-15,25H2,1-2H3,(H,27,28,29)/t20?,21-/m0/s1. The zero-order valence-electron chi connectivity index (χ0n) is 17.0. The van der Waals surface area contributed by atoms with Crippen LogP contribution in [0.3, 0.4) is 0 Å². The minimum Gasteiger partial charge on any atom is -0.320 e. The Morgan fingerprint density at radius 2 is 1.62 bits per heavy atom. The average Bonchev–Trinajstić information content (AvgIpc) is 2.69. The molecule has 29 heavy (non-hydrogen) atoms. The van der Waals surface area contributed by atoms with Crippen LogP contribution in [0.1, 0.15) is 31.4 Å². The van der Waals surface area contributed by atoms with Crippen LogP contribution in [-0.4, -0.2) is 30.4 Å². The number of nitrogens with two attached hydrogens (primary N) is 1. The first-order valence-electron chi connectivity index (χ1n) is 9.97. The van der Waals surface area contributed by atoms with E-state index >= 15 is 0 Å². The summed E-state index contributed by atoms with van der Waals surface area (Å²) in [7, 11) is 0. The van der Waals surface area contributed by atoms with Gasteiger partial charge in [-0.05, 0) is 55.0 Å². The van der Waals surface area contributed by atoms with Crippen LogP contribution in [0.15, 0.2) is 54.6 Å². The molecule has 0 fully saturated rings. The van der Waals surface area contributed by atoms with E-state index in [4.69, 9.17) is 5.73 Å². The summed E-state index contributed by atoms with van der Waals surface area (Å²) in [6, 6.07) is 14.5. The highest BCUT2D eigenvalue weighted by atomic mass is 19.1. The topological polar surface area (TPSA) is 84.2 Å². The largest absolute Gasteiger partial charge is 0.320 e. The van der Waals surface area contributed by atoms with Gasteiger partial charge in [0.1, 0.15) is 5.82 Å². The Morgan fingerprint density at radius 3 is 2.24 bits per heavy atom. The SMILES string of the molecule is CC(C)C[C@H](NCCc1ccccc1)C(=O)NC(=O)C(N)Cc1ccc(F)cc1. The van der Waals surface area contributed by atoms with Crippen molar-refractivity contribution in [1.29, 1.82) is 0 Å². The Bertz CT molecular complexity index is 778. The average molecular weight is 400 g/mol. The fraction of sp³-hybridized carbons (Fsp3) is 0.391. The third-order valence-corrected chi connectivity index (χ3v) is 4.62. The summed E-state index contributed by atoms with van der Waals surface area (Å²) in [4.78, 5) is 25.0. The highest BCUT2D eigenvalue weighted by Gasteiger charge is 2.23. The van der Waals surface area contributed by atoms with Gasteiger partial charge in [0.2, 0.25) is 11.8 Å². The van der Waals surface area contributed by atoms with Gasteiger partial charge < -0.3 is 11.1 Å². The summed E-state index contributed by atoms with van der Waals surface area (Å²) < 4.78 is 13.0. The van der Waals surface area contributed by atoms with Crippen molar-refractivity contribution in [1.82, 2.24) is 10.6 Å². The molecule has 0 bridgehead atoms. The lowest BCUT2D eigenvalue weighted by Gasteiger charge is -2.21. The van der Waals surface area contributed by atoms with Gasteiger partial charge in [-0.1, -0.05) is 56.3 Å². The number of carbonyl (C=O) groups excluding carboxylic acids is 2. The number of halogens is 1. The number of imide groups is 1. The van der Waals surface area contributed by atoms with Gasteiger partial charge in [0.05, 0.1) is 12.1 Å². The zero-order chi connectivity index (χ0) is 21.2. The van der Waals surface area contributed by atoms with Gasteiger partial charge in [-0.25, -0.2) is 4.39 Å². The molecule has 2 amide bonds. The molecule has 1 unspecified atom stereocenters. The summed E-state index contributed by atoms with van der Waals surface area (Å²) in [5.74, 6) is -0.956. The molecule has 0 heterocycles. The first-order valence-corrected chi connectivity index (χ1v) is 9.97. The number of hydrogen-bond donors (Lipinski definition) is 3. The molecule has 0 aliphatic heterocycles. The second-order valence-corrected chi connectivity index (χ2v) is 7.66. The molecular weight excluding hydrogens is 369 g/mol. The highest BCUT2D eigenvalue weighted by Crippen LogP contribution is 2.08. The zero-order valence-corrected chi connectivity index (χ0v) is 17.0. The maximum atomic E-state index is 13.0. The van der Waals surface area contributed by atoms with Crippen molar-refractivity contribution in [2.45, 2.75) is 45.2 Å². The number of nitrogens with one attached hydrogen (secondary N) is 2. The molecule has 0 saturated carbocycles. The third-order valence-electron chi connectivity index (χ3n) is 4.62. The quantitative estimate of drug-likeness (QED) is 0.573. The van der Waals surface area contributed by atoms with Gasteiger partial charge >= 0.3 is 0 Å². The van der Waals surface area contributed by atoms with Crippen molar-refractivity contribution in [3.05, 3.63) is 71.5 Å². The Morgan fingerprint density at radius 1 is 0.966 bits per heavy atom. The van der Waals surface area contributed by atoms with Crippen molar-refractivity contribution in [3.63, 3.8) is 0 Å². The van der Waals surface area contributed by atoms with Crippen LogP contribution in [0.5, 0.6) is 0 Å². The monoisotopic (exact) mass is 399 g/mol. The molecule has 6 heteroatoms. The molecule has 2 aromatic carbocycles. The van der Waals surface area contributed by atoms with Gasteiger partial charge in [-0.3, -0.25) is 14.9 Å². The van der Waals surface area contributed by atoms with Crippen LogP contribution in [0.2, 0.25) is 0 Å². The number of rotatable bonds is 10. The Kier molecular flexibility index (Phi) is 8.96. The highest BCUT2D eigenvalue weighted by molar-refractivity contribution is 6.00. The summed E-state index contributed by atoms with van der Waals surface area (Å²) in [6.45, 7) is 4.69. The van der Waals surface area contributed by atoms with E-state index in [-0.39, 0.29) is 24.1 Å². The Labute approximate surface area is 171 Å². The first kappa shape index (κ1) is 22.7. The van der Waals surface area contributed by atoms with E-state index in [0.717, 1.165) is 12.0 Å². The molecule has 0 saturated heterocycles. The molecule has 2 aromatic rings. The number of hydrogen-bond acceptors (Lipinski definition) is 4. The Balaban J connectivity index is 1.88. The maximum absolute atomic E-state index is 13.0. The molecule has 0 radical (unpaired) electrons. The van der Waals surface area contributed by atoms with Crippen molar-refractivity contribution < 1.29 is 14.0 Å². The van der Waals surface area contributed by atoms with E-state index in [1.165, 1.54) is 17.7 Å². The molecule has 0 spiro atoms. The fourth-order valence-electron chi connectivity index (χ4n) is 3.06. The molecular formula is C23H30FN3O2. The van der Waals surface area contributed by atoms with E-state index in [0.29, 0.717) is 13.0 Å². The van der Waals surface area contributed by atoms with Crippen LogP contribution in [0.25, 0.3) is 0 Å². The summed E-state index contributed by atoms with van der Waals surface area (Å²) in [5, 5.41) is 5.68. The molecule has 2 rings (SSSR count). The summed E-state index contributed by atoms with van der Waals surface area (Å²) in [5.41, 5.74) is 7.85. The fourth-order valence-corrected chi connectivity index (χ4v) is 3.06. The first-order chi connectivity index (χ1) is 13.8. The minimum absolute atomic E-state index is 0.232. The molecule has 0 aliphatic rings. The molecule has 4 N–H and O–H groups in total. The van der Waals surface area contributed by atoms with Crippen LogP contribution >= 0.6 is 0 Å². The lowest BCUT2D eigenvalue weighted by molar-refractivity contribution is -0.132. The van der Waals surface area contributed by atoms with Crippen LogP contribution in [-0.2, 0) is 22.4 Å². The van der Waals surface area contributed by atoms with E-state index < -0.39 is 18.0 Å². The second-order valence-electron chi connectivity index (χ2n) is 7.66. The molecule has 2 atom stereocenters. The summed E-state index contributed by atoms with van der Waals surface area (Å²) >= 11 is 0. The van der Waals surface area contributed by atoms with Gasteiger partial charge in [0, 0.05) is 0 Å². The second kappa shape index (κ2) is 11.4. The van der Waals surface area contributed by atoms with Crippen molar-refractivity contribution in [3.8, 4) is 0 Å². The van der Waals surface area contributed by atoms with E-state index in [1.54, 1.807) is 12.1 Å². The lowest BCUT2D eigenvalue weighted by Crippen LogP contribution is -2.52. The van der Waals surface area contributed by atoms with Gasteiger partial charge in [-0.15, -0.1) is 0 Å². The molecule has 156 valence electrons. The normalized spacial score (nSPS) is 13.1. The molecule has 0 aromatic heterocycles. The maximum Gasteiger partial charge on any atom is 0.243 e. The Hall–Kier alpha value is -2.57. The number of benzene rings is 2. The van der Waals surface area contributed by atoms with Gasteiger partial charge in [0.25, 0.3) is 0 Å². The third kappa shape index (κ3) is 8.13. The van der Waals surface area contributed by atoms with Crippen molar-refractivity contribution in [2.24, 2.45) is 11.7 Å². The summed E-state index contributed by atoms with van der Waals surface area (Å²) in [6.07, 6.45) is 1.64. The van der Waals surface area contributed by atoms with Crippen LogP contribution in [0.4, 0.5) is 4.39 Å². The predicted octanol–water partition coefficient (Wildman–Crippen LogP) is 2.59. The molecule has 5 nitrogen and oxygen atoms in total. The van der Waals surface area contributed by atoms with E-state index in [1.807, 2.05) is 44.2 Å². The van der Waals surface area contributed by atoms with Crippen LogP contribution < -0.4 is 16.4 Å². The number of carbonyl (C=O) groups is 2. The molecule has 0 aliphatic carbocycles. The van der Waals surface area contributed by atoms with E-state index in [9.17, 15) is 14.0 Å². The van der Waals surface area contributed by atoms with Crippen molar-refractivity contribution >= 4 is 11.8 Å². The minimum atomic E-state index is -0.881.